The molecule has 5 nitrogen and oxygen atoms in total. The fraction of sp³-hybridized carbons (Fsp3) is 0.619. The van der Waals surface area contributed by atoms with Crippen LogP contribution in [0.1, 0.15) is 38.5 Å². The number of amides is 2. The third-order valence-electron chi connectivity index (χ3n) is 6.10. The van der Waals surface area contributed by atoms with Gasteiger partial charge in [0, 0.05) is 26.1 Å². The van der Waals surface area contributed by atoms with Gasteiger partial charge in [-0.15, -0.1) is 0 Å². The predicted octanol–water partition coefficient (Wildman–Crippen LogP) is 2.71. The Balaban J connectivity index is 1.27. The lowest BCUT2D eigenvalue weighted by molar-refractivity contribution is -0.139. The lowest BCUT2D eigenvalue weighted by Crippen LogP contribution is -2.42. The van der Waals surface area contributed by atoms with E-state index < -0.39 is 0 Å². The molecule has 1 saturated carbocycles. The molecular weight excluding hydrogens is 328 g/mol. The summed E-state index contributed by atoms with van der Waals surface area (Å²) in [5, 5.41) is 0. The van der Waals surface area contributed by atoms with Gasteiger partial charge in [0.05, 0.1) is 12.6 Å². The highest BCUT2D eigenvalue weighted by Crippen LogP contribution is 2.39. The number of benzene rings is 1. The maximum absolute atomic E-state index is 12.7. The van der Waals surface area contributed by atoms with Crippen molar-refractivity contribution in [3.05, 3.63) is 30.3 Å². The van der Waals surface area contributed by atoms with Gasteiger partial charge in [-0.1, -0.05) is 24.6 Å². The fourth-order valence-corrected chi connectivity index (χ4v) is 4.70. The third-order valence-corrected chi connectivity index (χ3v) is 6.10. The Kier molecular flexibility index (Phi) is 5.14. The van der Waals surface area contributed by atoms with Crippen LogP contribution >= 0.6 is 0 Å². The van der Waals surface area contributed by atoms with Gasteiger partial charge in [-0.05, 0) is 49.7 Å². The van der Waals surface area contributed by atoms with Gasteiger partial charge in [-0.25, -0.2) is 0 Å². The second kappa shape index (κ2) is 7.68. The zero-order valence-electron chi connectivity index (χ0n) is 15.3. The zero-order valence-corrected chi connectivity index (χ0v) is 15.3. The van der Waals surface area contributed by atoms with E-state index in [2.05, 4.69) is 0 Å². The van der Waals surface area contributed by atoms with Crippen molar-refractivity contribution < 1.29 is 14.3 Å². The van der Waals surface area contributed by atoms with E-state index in [1.54, 1.807) is 4.90 Å². The van der Waals surface area contributed by atoms with Gasteiger partial charge in [-0.2, -0.15) is 0 Å². The molecule has 2 saturated heterocycles. The minimum absolute atomic E-state index is 0.121. The second-order valence-corrected chi connectivity index (χ2v) is 7.97. The van der Waals surface area contributed by atoms with Crippen molar-refractivity contribution >= 4 is 11.8 Å². The lowest BCUT2D eigenvalue weighted by atomic mass is 10.0. The van der Waals surface area contributed by atoms with Crippen molar-refractivity contribution in [2.75, 3.05) is 26.2 Å². The molecule has 3 fully saturated rings. The van der Waals surface area contributed by atoms with Crippen LogP contribution in [0, 0.1) is 11.8 Å². The van der Waals surface area contributed by atoms with Crippen LogP contribution in [0.15, 0.2) is 30.3 Å². The molecule has 3 aliphatic rings. The molecule has 1 unspecified atom stereocenters. The van der Waals surface area contributed by atoms with E-state index in [0.29, 0.717) is 18.3 Å². The summed E-state index contributed by atoms with van der Waals surface area (Å²) >= 11 is 0. The van der Waals surface area contributed by atoms with E-state index in [9.17, 15) is 9.59 Å². The number of ether oxygens (including phenoxy) is 1. The van der Waals surface area contributed by atoms with Crippen LogP contribution < -0.4 is 4.74 Å². The second-order valence-electron chi connectivity index (χ2n) is 7.97. The van der Waals surface area contributed by atoms with Crippen molar-refractivity contribution in [3.63, 3.8) is 0 Å². The van der Waals surface area contributed by atoms with E-state index in [1.165, 1.54) is 0 Å². The first-order valence-corrected chi connectivity index (χ1v) is 9.96. The zero-order chi connectivity index (χ0) is 17.9. The van der Waals surface area contributed by atoms with Crippen LogP contribution in [-0.2, 0) is 9.59 Å². The van der Waals surface area contributed by atoms with E-state index in [0.717, 1.165) is 57.5 Å². The normalized spacial score (nSPS) is 28.8. The van der Waals surface area contributed by atoms with E-state index in [4.69, 9.17) is 4.74 Å². The molecule has 0 spiro atoms. The van der Waals surface area contributed by atoms with Crippen LogP contribution in [0.4, 0.5) is 0 Å². The van der Waals surface area contributed by atoms with Crippen molar-refractivity contribution in [1.82, 2.24) is 9.80 Å². The number of hydrogen-bond donors (Lipinski definition) is 0. The average Bonchev–Trinajstić information content (AvgIpc) is 3.12. The number of nitrogens with zero attached hydrogens (tertiary/aromatic N) is 2. The molecule has 4 rings (SSSR count). The van der Waals surface area contributed by atoms with Gasteiger partial charge in [0.1, 0.15) is 5.75 Å². The minimum Gasteiger partial charge on any atom is -0.490 e. The Labute approximate surface area is 155 Å². The molecule has 2 amide bonds. The Bertz CT molecular complexity index is 634. The number of carbonyl (C=O) groups is 2. The van der Waals surface area contributed by atoms with Crippen molar-refractivity contribution in [2.24, 2.45) is 11.8 Å². The Morgan fingerprint density at radius 2 is 1.77 bits per heavy atom. The smallest absolute Gasteiger partial charge is 0.242 e. The number of para-hydroxylation sites is 1. The predicted molar refractivity (Wildman–Crippen MR) is 98.7 cm³/mol. The molecule has 5 heteroatoms. The maximum Gasteiger partial charge on any atom is 0.242 e. The molecular formula is C21H28N2O3. The molecule has 0 bridgehead atoms. The summed E-state index contributed by atoms with van der Waals surface area (Å²) < 4.78 is 6.10. The summed E-state index contributed by atoms with van der Waals surface area (Å²) in [5.41, 5.74) is 0. The minimum atomic E-state index is 0.121. The highest BCUT2D eigenvalue weighted by atomic mass is 16.5. The third kappa shape index (κ3) is 3.87. The van der Waals surface area contributed by atoms with Crippen molar-refractivity contribution in [2.45, 2.75) is 44.6 Å². The summed E-state index contributed by atoms with van der Waals surface area (Å²) in [7, 11) is 0. The lowest BCUT2D eigenvalue weighted by Gasteiger charge is -2.25. The molecule has 2 heterocycles. The van der Waals surface area contributed by atoms with Crippen LogP contribution in [0.25, 0.3) is 0 Å². The van der Waals surface area contributed by atoms with E-state index in [1.807, 2.05) is 35.2 Å². The SMILES string of the molecule is O=C1CCCCCN1CC(=O)N1C[C@H]2CC(Oc3ccccc3)C[C@H]2C1. The van der Waals surface area contributed by atoms with Gasteiger partial charge >= 0.3 is 0 Å². The molecule has 0 radical (unpaired) electrons. The summed E-state index contributed by atoms with van der Waals surface area (Å²) in [5.74, 6) is 2.27. The maximum atomic E-state index is 12.7. The number of carbonyl (C=O) groups excluding carboxylic acids is 2. The van der Waals surface area contributed by atoms with Crippen molar-refractivity contribution in [3.8, 4) is 5.75 Å². The summed E-state index contributed by atoms with van der Waals surface area (Å²) in [6, 6.07) is 9.99. The number of hydrogen-bond acceptors (Lipinski definition) is 3. The summed E-state index contributed by atoms with van der Waals surface area (Å²) in [6.07, 6.45) is 5.96. The van der Waals surface area contributed by atoms with Crippen LogP contribution in [-0.4, -0.2) is 53.9 Å². The molecule has 0 aromatic heterocycles. The number of rotatable bonds is 4. The average molecular weight is 356 g/mol. The van der Waals surface area contributed by atoms with Crippen LogP contribution in [0.5, 0.6) is 5.75 Å². The van der Waals surface area contributed by atoms with Gasteiger partial charge in [0.15, 0.2) is 0 Å². The van der Waals surface area contributed by atoms with Crippen molar-refractivity contribution in [1.29, 1.82) is 0 Å². The molecule has 1 aromatic rings. The molecule has 0 N–H and O–H groups in total. The first-order valence-electron chi connectivity index (χ1n) is 9.96. The number of fused-ring (bicyclic) bond motifs is 1. The number of likely N-dealkylation sites (tertiary alicyclic amines) is 2. The quantitative estimate of drug-likeness (QED) is 0.833. The first-order chi connectivity index (χ1) is 12.7. The highest BCUT2D eigenvalue weighted by molar-refractivity contribution is 5.85. The molecule has 1 aliphatic carbocycles. The standard InChI is InChI=1S/C21H28N2O3/c24-20-9-5-2-6-10-22(20)15-21(25)23-13-16-11-19(12-17(16)14-23)26-18-7-3-1-4-8-18/h1,3-4,7-8,16-17,19H,2,5-6,9-15H2/t16-,17+,19?. The molecule has 1 aromatic carbocycles. The van der Waals surface area contributed by atoms with Gasteiger partial charge < -0.3 is 14.5 Å². The molecule has 140 valence electrons. The largest absolute Gasteiger partial charge is 0.490 e. The van der Waals surface area contributed by atoms with Crippen LogP contribution in [0.2, 0.25) is 0 Å². The van der Waals surface area contributed by atoms with Gasteiger partial charge in [0.2, 0.25) is 11.8 Å². The fourth-order valence-electron chi connectivity index (χ4n) is 4.70. The van der Waals surface area contributed by atoms with Crippen LogP contribution in [0.3, 0.4) is 0 Å². The Morgan fingerprint density at radius 3 is 2.50 bits per heavy atom. The van der Waals surface area contributed by atoms with E-state index >= 15 is 0 Å². The molecule has 26 heavy (non-hydrogen) atoms. The summed E-state index contributed by atoms with van der Waals surface area (Å²) in [4.78, 5) is 28.5. The Hall–Kier alpha value is -2.04. The summed E-state index contributed by atoms with van der Waals surface area (Å²) in [6.45, 7) is 2.64. The van der Waals surface area contributed by atoms with E-state index in [-0.39, 0.29) is 24.5 Å². The van der Waals surface area contributed by atoms with Gasteiger partial charge in [-0.3, -0.25) is 9.59 Å². The molecule has 2 aliphatic heterocycles. The first kappa shape index (κ1) is 17.4. The monoisotopic (exact) mass is 356 g/mol. The van der Waals surface area contributed by atoms with Gasteiger partial charge in [0.25, 0.3) is 0 Å². The topological polar surface area (TPSA) is 49.9 Å². The molecule has 3 atom stereocenters. The Morgan fingerprint density at radius 1 is 1.04 bits per heavy atom. The highest BCUT2D eigenvalue weighted by Gasteiger charge is 2.43.